The highest BCUT2D eigenvalue weighted by Gasteiger charge is 2.50. The number of nitrogens with zero attached hydrogens (tertiary/aromatic N) is 2. The van der Waals surface area contributed by atoms with Crippen LogP contribution >= 0.6 is 0 Å². The molecule has 0 heterocycles. The fourth-order valence-electron chi connectivity index (χ4n) is 2.76. The van der Waals surface area contributed by atoms with E-state index in [-0.39, 0.29) is 5.91 Å². The second kappa shape index (κ2) is 6.78. The molecule has 0 unspecified atom stereocenters. The van der Waals surface area contributed by atoms with Crippen molar-refractivity contribution in [3.63, 3.8) is 0 Å². The van der Waals surface area contributed by atoms with Crippen LogP contribution in [0.15, 0.2) is 0 Å². The zero-order chi connectivity index (χ0) is 13.6. The summed E-state index contributed by atoms with van der Waals surface area (Å²) in [6.07, 6.45) is 5.74. The Morgan fingerprint density at radius 1 is 1.28 bits per heavy atom. The van der Waals surface area contributed by atoms with E-state index >= 15 is 0 Å². The smallest absolute Gasteiger partial charge is 0.243 e. The van der Waals surface area contributed by atoms with E-state index in [4.69, 9.17) is 0 Å². The molecular formula is C15H26N2O. The molecule has 18 heavy (non-hydrogen) atoms. The Morgan fingerprint density at radius 3 is 2.11 bits per heavy atom. The molecule has 0 aromatic rings. The lowest BCUT2D eigenvalue weighted by Crippen LogP contribution is -2.50. The molecule has 102 valence electrons. The summed E-state index contributed by atoms with van der Waals surface area (Å²) in [7, 11) is 0. The first kappa shape index (κ1) is 15.0. The van der Waals surface area contributed by atoms with Crippen LogP contribution in [0.2, 0.25) is 0 Å². The Hall–Kier alpha value is -1.04. The van der Waals surface area contributed by atoms with Crippen molar-refractivity contribution in [2.24, 2.45) is 11.3 Å². The van der Waals surface area contributed by atoms with Crippen LogP contribution in [0.1, 0.15) is 59.3 Å². The minimum atomic E-state index is -0.694. The van der Waals surface area contributed by atoms with Gasteiger partial charge in [0.15, 0.2) is 0 Å². The first-order valence-electron chi connectivity index (χ1n) is 7.30. The molecular weight excluding hydrogens is 224 g/mol. The molecule has 3 heteroatoms. The van der Waals surface area contributed by atoms with E-state index in [2.05, 4.69) is 26.8 Å². The lowest BCUT2D eigenvalue weighted by molar-refractivity contribution is -0.145. The van der Waals surface area contributed by atoms with Gasteiger partial charge < -0.3 is 4.90 Å². The number of hydrogen-bond donors (Lipinski definition) is 0. The van der Waals surface area contributed by atoms with Crippen molar-refractivity contribution in [3.05, 3.63) is 0 Å². The van der Waals surface area contributed by atoms with Crippen molar-refractivity contribution >= 4 is 5.91 Å². The molecule has 0 spiro atoms. The van der Waals surface area contributed by atoms with Crippen LogP contribution in [0.3, 0.4) is 0 Å². The molecule has 1 fully saturated rings. The number of nitriles is 1. The van der Waals surface area contributed by atoms with Crippen molar-refractivity contribution in [3.8, 4) is 6.07 Å². The Morgan fingerprint density at radius 2 is 1.78 bits per heavy atom. The molecule has 0 saturated heterocycles. The molecule has 1 amide bonds. The number of hydrogen-bond acceptors (Lipinski definition) is 2. The van der Waals surface area contributed by atoms with Gasteiger partial charge in [-0.05, 0) is 31.6 Å². The molecule has 0 bridgehead atoms. The number of amides is 1. The summed E-state index contributed by atoms with van der Waals surface area (Å²) in [5.74, 6) is 0.609. The van der Waals surface area contributed by atoms with E-state index in [0.717, 1.165) is 51.6 Å². The van der Waals surface area contributed by atoms with Crippen LogP contribution in [0.25, 0.3) is 0 Å². The summed E-state index contributed by atoms with van der Waals surface area (Å²) in [4.78, 5) is 14.5. The van der Waals surface area contributed by atoms with Crippen molar-refractivity contribution < 1.29 is 4.79 Å². The summed E-state index contributed by atoms with van der Waals surface area (Å²) in [5, 5.41) is 9.33. The van der Waals surface area contributed by atoms with E-state index in [1.165, 1.54) is 0 Å². The Bertz CT molecular complexity index is 305. The molecule has 3 nitrogen and oxygen atoms in total. The number of carbonyl (C=O) groups excluding carboxylic acids is 1. The normalized spacial score (nSPS) is 26.2. The molecule has 0 aliphatic heterocycles. The van der Waals surface area contributed by atoms with Crippen LogP contribution in [-0.2, 0) is 4.79 Å². The first-order chi connectivity index (χ1) is 8.59. The quantitative estimate of drug-likeness (QED) is 0.695. The molecule has 0 N–H and O–H groups in total. The third-order valence-electron chi connectivity index (χ3n) is 3.87. The summed E-state index contributed by atoms with van der Waals surface area (Å²) in [6, 6.07) is 2.29. The highest BCUT2D eigenvalue weighted by Crippen LogP contribution is 2.46. The van der Waals surface area contributed by atoms with Crippen molar-refractivity contribution in [1.29, 1.82) is 5.26 Å². The van der Waals surface area contributed by atoms with Gasteiger partial charge in [-0.25, -0.2) is 0 Å². The molecule has 0 atom stereocenters. The van der Waals surface area contributed by atoms with E-state index in [1.807, 2.05) is 4.90 Å². The fraction of sp³-hybridized carbons (Fsp3) is 0.867. The SMILES string of the molecule is CCCCN(CCCC)C(=O)C1(C#N)CC(C)C1. The van der Waals surface area contributed by atoms with Gasteiger partial charge in [0.2, 0.25) is 5.91 Å². The minimum Gasteiger partial charge on any atom is -0.341 e. The zero-order valence-electron chi connectivity index (χ0n) is 12.0. The Kier molecular flexibility index (Phi) is 5.65. The fourth-order valence-corrected chi connectivity index (χ4v) is 2.76. The second-order valence-corrected chi connectivity index (χ2v) is 5.71. The highest BCUT2D eigenvalue weighted by atomic mass is 16.2. The summed E-state index contributed by atoms with van der Waals surface area (Å²) in [6.45, 7) is 8.01. The summed E-state index contributed by atoms with van der Waals surface area (Å²) < 4.78 is 0. The summed E-state index contributed by atoms with van der Waals surface area (Å²) >= 11 is 0. The molecule has 1 saturated carbocycles. The predicted molar refractivity (Wildman–Crippen MR) is 72.8 cm³/mol. The van der Waals surface area contributed by atoms with Crippen molar-refractivity contribution in [2.45, 2.75) is 59.3 Å². The lowest BCUT2D eigenvalue weighted by atomic mass is 9.62. The highest BCUT2D eigenvalue weighted by molar-refractivity contribution is 5.86. The van der Waals surface area contributed by atoms with Crippen LogP contribution in [-0.4, -0.2) is 23.9 Å². The van der Waals surface area contributed by atoms with E-state index in [0.29, 0.717) is 5.92 Å². The Balaban J connectivity index is 2.65. The van der Waals surface area contributed by atoms with Gasteiger partial charge in [-0.3, -0.25) is 4.79 Å². The van der Waals surface area contributed by atoms with Gasteiger partial charge in [0.1, 0.15) is 5.41 Å². The third-order valence-corrected chi connectivity index (χ3v) is 3.87. The Labute approximate surface area is 111 Å². The van der Waals surface area contributed by atoms with Crippen molar-refractivity contribution in [1.82, 2.24) is 4.90 Å². The van der Waals surface area contributed by atoms with Gasteiger partial charge in [0, 0.05) is 13.1 Å². The van der Waals surface area contributed by atoms with Crippen LogP contribution in [0.4, 0.5) is 0 Å². The number of unbranched alkanes of at least 4 members (excludes halogenated alkanes) is 2. The number of rotatable bonds is 7. The second-order valence-electron chi connectivity index (χ2n) is 5.71. The molecule has 0 aromatic carbocycles. The van der Waals surface area contributed by atoms with Gasteiger partial charge in [0.05, 0.1) is 6.07 Å². The largest absolute Gasteiger partial charge is 0.341 e. The molecule has 1 aliphatic carbocycles. The third kappa shape index (κ3) is 3.25. The maximum absolute atomic E-state index is 12.5. The first-order valence-corrected chi connectivity index (χ1v) is 7.30. The molecule has 0 radical (unpaired) electrons. The standard InChI is InChI=1S/C15H26N2O/c1-4-6-8-17(9-7-5-2)14(18)15(12-16)10-13(3)11-15/h13H,4-11H2,1-3H3. The summed E-state index contributed by atoms with van der Waals surface area (Å²) in [5.41, 5.74) is -0.694. The number of carbonyl (C=O) groups is 1. The molecule has 1 rings (SSSR count). The van der Waals surface area contributed by atoms with Crippen LogP contribution < -0.4 is 0 Å². The maximum atomic E-state index is 12.5. The monoisotopic (exact) mass is 250 g/mol. The van der Waals surface area contributed by atoms with E-state index in [9.17, 15) is 10.1 Å². The zero-order valence-corrected chi connectivity index (χ0v) is 12.0. The van der Waals surface area contributed by atoms with Gasteiger partial charge in [-0.15, -0.1) is 0 Å². The maximum Gasteiger partial charge on any atom is 0.243 e. The van der Waals surface area contributed by atoms with E-state index < -0.39 is 5.41 Å². The average molecular weight is 250 g/mol. The molecule has 0 aromatic heterocycles. The van der Waals surface area contributed by atoms with Crippen LogP contribution in [0.5, 0.6) is 0 Å². The van der Waals surface area contributed by atoms with Gasteiger partial charge in [-0.2, -0.15) is 5.26 Å². The van der Waals surface area contributed by atoms with Crippen molar-refractivity contribution in [2.75, 3.05) is 13.1 Å². The van der Waals surface area contributed by atoms with Gasteiger partial charge in [-0.1, -0.05) is 33.6 Å². The van der Waals surface area contributed by atoms with Gasteiger partial charge in [0.25, 0.3) is 0 Å². The van der Waals surface area contributed by atoms with E-state index in [1.54, 1.807) is 0 Å². The minimum absolute atomic E-state index is 0.0880. The topological polar surface area (TPSA) is 44.1 Å². The average Bonchev–Trinajstić information content (AvgIpc) is 2.34. The van der Waals surface area contributed by atoms with Gasteiger partial charge >= 0.3 is 0 Å². The lowest BCUT2D eigenvalue weighted by Gasteiger charge is -2.42. The molecule has 1 aliphatic rings. The van der Waals surface area contributed by atoms with Crippen LogP contribution in [0, 0.1) is 22.7 Å². The predicted octanol–water partition coefficient (Wildman–Crippen LogP) is 3.36.